The second-order valence-corrected chi connectivity index (χ2v) is 3.72. The first kappa shape index (κ1) is 9.77. The third-order valence-electron chi connectivity index (χ3n) is 2.60. The van der Waals surface area contributed by atoms with Gasteiger partial charge in [-0.3, -0.25) is 4.79 Å². The molecule has 2 rings (SSSR count). The van der Waals surface area contributed by atoms with Gasteiger partial charge in [0.1, 0.15) is 5.76 Å². The number of amides is 1. The summed E-state index contributed by atoms with van der Waals surface area (Å²) in [7, 11) is 0. The van der Waals surface area contributed by atoms with Gasteiger partial charge in [0.15, 0.2) is 0 Å². The number of aliphatic hydroxyl groups excluding tert-OH is 1. The number of aliphatic hydroxyl groups is 1. The molecular formula is C12H13NO2. The zero-order chi connectivity index (χ0) is 10.8. The van der Waals surface area contributed by atoms with Crippen molar-refractivity contribution in [2.45, 2.75) is 13.5 Å². The van der Waals surface area contributed by atoms with Gasteiger partial charge < -0.3 is 10.0 Å². The molecule has 1 aromatic rings. The van der Waals surface area contributed by atoms with Crippen molar-refractivity contribution < 1.29 is 9.90 Å². The maximum atomic E-state index is 11.6. The molecule has 0 aromatic heterocycles. The van der Waals surface area contributed by atoms with Crippen LogP contribution in [0.5, 0.6) is 0 Å². The van der Waals surface area contributed by atoms with Crippen molar-refractivity contribution in [2.24, 2.45) is 0 Å². The molecule has 0 saturated heterocycles. The van der Waals surface area contributed by atoms with Crippen molar-refractivity contribution in [3.8, 4) is 0 Å². The van der Waals surface area contributed by atoms with Gasteiger partial charge in [0.05, 0.1) is 12.1 Å². The summed E-state index contributed by atoms with van der Waals surface area (Å²) in [4.78, 5) is 13.3. The third kappa shape index (κ3) is 1.86. The van der Waals surface area contributed by atoms with E-state index in [1.807, 2.05) is 30.3 Å². The summed E-state index contributed by atoms with van der Waals surface area (Å²) >= 11 is 0. The van der Waals surface area contributed by atoms with E-state index in [0.29, 0.717) is 18.7 Å². The molecule has 1 aromatic carbocycles. The van der Waals surface area contributed by atoms with Crippen LogP contribution < -0.4 is 0 Å². The van der Waals surface area contributed by atoms with Crippen LogP contribution in [0.1, 0.15) is 12.5 Å². The molecular weight excluding hydrogens is 190 g/mol. The highest BCUT2D eigenvalue weighted by atomic mass is 16.3. The van der Waals surface area contributed by atoms with Crippen LogP contribution in [-0.4, -0.2) is 22.5 Å². The molecule has 1 aliphatic rings. The molecule has 3 nitrogen and oxygen atoms in total. The minimum absolute atomic E-state index is 0.0728. The number of carbonyl (C=O) groups is 1. The number of nitrogens with zero attached hydrogens (tertiary/aromatic N) is 1. The van der Waals surface area contributed by atoms with Gasteiger partial charge in [-0.05, 0) is 12.5 Å². The zero-order valence-electron chi connectivity index (χ0n) is 8.60. The van der Waals surface area contributed by atoms with Crippen molar-refractivity contribution in [3.63, 3.8) is 0 Å². The van der Waals surface area contributed by atoms with Gasteiger partial charge in [0, 0.05) is 6.54 Å². The number of carbonyl (C=O) groups excluding carboxylic acids is 1. The average molecular weight is 203 g/mol. The van der Waals surface area contributed by atoms with E-state index in [1.54, 1.807) is 11.8 Å². The average Bonchev–Trinajstić information content (AvgIpc) is 2.48. The SMILES string of the molecule is CC1=C(O)CN(Cc2ccccc2)C1=O. The van der Waals surface area contributed by atoms with Crippen molar-refractivity contribution in [2.75, 3.05) is 6.54 Å². The maximum absolute atomic E-state index is 11.6. The van der Waals surface area contributed by atoms with Crippen LogP contribution in [0.3, 0.4) is 0 Å². The Bertz CT molecular complexity index is 409. The normalized spacial score (nSPS) is 16.3. The number of rotatable bonds is 2. The van der Waals surface area contributed by atoms with Crippen molar-refractivity contribution in [1.82, 2.24) is 4.90 Å². The zero-order valence-corrected chi connectivity index (χ0v) is 8.60. The molecule has 0 unspecified atom stereocenters. The van der Waals surface area contributed by atoms with E-state index in [9.17, 15) is 9.90 Å². The number of hydrogen-bond donors (Lipinski definition) is 1. The molecule has 3 heteroatoms. The fraction of sp³-hybridized carbons (Fsp3) is 0.250. The molecule has 1 amide bonds. The van der Waals surface area contributed by atoms with Gasteiger partial charge in [-0.25, -0.2) is 0 Å². The molecule has 0 aliphatic carbocycles. The molecule has 0 saturated carbocycles. The quantitative estimate of drug-likeness (QED) is 0.797. The van der Waals surface area contributed by atoms with Gasteiger partial charge in [-0.15, -0.1) is 0 Å². The summed E-state index contributed by atoms with van der Waals surface area (Å²) in [6.07, 6.45) is 0. The second-order valence-electron chi connectivity index (χ2n) is 3.72. The highest BCUT2D eigenvalue weighted by molar-refractivity contribution is 5.95. The fourth-order valence-corrected chi connectivity index (χ4v) is 1.66. The highest BCUT2D eigenvalue weighted by Gasteiger charge is 2.26. The molecule has 0 spiro atoms. The summed E-state index contributed by atoms with van der Waals surface area (Å²) in [6, 6.07) is 9.76. The smallest absolute Gasteiger partial charge is 0.253 e. The van der Waals surface area contributed by atoms with E-state index >= 15 is 0 Å². The van der Waals surface area contributed by atoms with E-state index in [1.165, 1.54) is 0 Å². The van der Waals surface area contributed by atoms with Crippen LogP contribution in [-0.2, 0) is 11.3 Å². The molecule has 1 N–H and O–H groups in total. The summed E-state index contributed by atoms with van der Waals surface area (Å²) < 4.78 is 0. The van der Waals surface area contributed by atoms with Crippen LogP contribution in [0.4, 0.5) is 0 Å². The van der Waals surface area contributed by atoms with Crippen molar-refractivity contribution >= 4 is 5.91 Å². The van der Waals surface area contributed by atoms with Gasteiger partial charge in [0.2, 0.25) is 0 Å². The Labute approximate surface area is 88.6 Å². The molecule has 0 bridgehead atoms. The Morgan fingerprint density at radius 1 is 1.33 bits per heavy atom. The number of benzene rings is 1. The molecule has 1 aliphatic heterocycles. The second kappa shape index (κ2) is 3.77. The minimum Gasteiger partial charge on any atom is -0.510 e. The van der Waals surface area contributed by atoms with E-state index < -0.39 is 0 Å². The lowest BCUT2D eigenvalue weighted by molar-refractivity contribution is -0.126. The maximum Gasteiger partial charge on any atom is 0.253 e. The Kier molecular flexibility index (Phi) is 2.46. The van der Waals surface area contributed by atoms with Crippen LogP contribution in [0.25, 0.3) is 0 Å². The largest absolute Gasteiger partial charge is 0.510 e. The van der Waals surface area contributed by atoms with Crippen LogP contribution in [0.15, 0.2) is 41.7 Å². The van der Waals surface area contributed by atoms with Gasteiger partial charge >= 0.3 is 0 Å². The Balaban J connectivity index is 2.08. The lowest BCUT2D eigenvalue weighted by Gasteiger charge is -2.15. The molecule has 1 heterocycles. The lowest BCUT2D eigenvalue weighted by Crippen LogP contribution is -2.26. The predicted molar refractivity (Wildman–Crippen MR) is 57.2 cm³/mol. The van der Waals surface area contributed by atoms with E-state index in [0.717, 1.165) is 5.56 Å². The van der Waals surface area contributed by atoms with Gasteiger partial charge in [0.25, 0.3) is 5.91 Å². The summed E-state index contributed by atoms with van der Waals surface area (Å²) in [6.45, 7) is 2.54. The summed E-state index contributed by atoms with van der Waals surface area (Å²) in [5.41, 5.74) is 1.54. The van der Waals surface area contributed by atoms with E-state index in [-0.39, 0.29) is 11.7 Å². The first-order valence-electron chi connectivity index (χ1n) is 4.90. The first-order chi connectivity index (χ1) is 7.18. The van der Waals surface area contributed by atoms with Crippen LogP contribution in [0, 0.1) is 0 Å². The van der Waals surface area contributed by atoms with Crippen molar-refractivity contribution in [1.29, 1.82) is 0 Å². The highest BCUT2D eigenvalue weighted by Crippen LogP contribution is 2.18. The minimum atomic E-state index is -0.0728. The van der Waals surface area contributed by atoms with Crippen LogP contribution >= 0.6 is 0 Å². The van der Waals surface area contributed by atoms with Gasteiger partial charge in [-0.2, -0.15) is 0 Å². The third-order valence-corrected chi connectivity index (χ3v) is 2.60. The molecule has 15 heavy (non-hydrogen) atoms. The van der Waals surface area contributed by atoms with Crippen LogP contribution in [0.2, 0.25) is 0 Å². The van der Waals surface area contributed by atoms with E-state index in [2.05, 4.69) is 0 Å². The summed E-state index contributed by atoms with van der Waals surface area (Å²) in [5.74, 6) is 0.118. The first-order valence-corrected chi connectivity index (χ1v) is 4.90. The Morgan fingerprint density at radius 2 is 2.00 bits per heavy atom. The summed E-state index contributed by atoms with van der Waals surface area (Å²) in [5, 5.41) is 9.43. The van der Waals surface area contributed by atoms with Gasteiger partial charge in [-0.1, -0.05) is 30.3 Å². The molecule has 0 radical (unpaired) electrons. The number of hydrogen-bond acceptors (Lipinski definition) is 2. The Hall–Kier alpha value is -1.77. The lowest BCUT2D eigenvalue weighted by atomic mass is 10.2. The standard InChI is InChI=1S/C12H13NO2/c1-9-11(14)8-13(12(9)15)7-10-5-3-2-4-6-10/h2-6,14H,7-8H2,1H3. The van der Waals surface area contributed by atoms with Crippen molar-refractivity contribution in [3.05, 3.63) is 47.2 Å². The topological polar surface area (TPSA) is 40.5 Å². The predicted octanol–water partition coefficient (Wildman–Crippen LogP) is 1.86. The molecule has 0 fully saturated rings. The monoisotopic (exact) mass is 203 g/mol. The van der Waals surface area contributed by atoms with E-state index in [4.69, 9.17) is 0 Å². The fourth-order valence-electron chi connectivity index (χ4n) is 1.66. The molecule has 78 valence electrons. The molecule has 0 atom stereocenters. The Morgan fingerprint density at radius 3 is 2.53 bits per heavy atom.